The van der Waals surface area contributed by atoms with Gasteiger partial charge < -0.3 is 10.1 Å². The van der Waals surface area contributed by atoms with Crippen LogP contribution in [0.1, 0.15) is 23.6 Å². The molecule has 4 rings (SSSR count). The Morgan fingerprint density at radius 2 is 2.21 bits per heavy atom. The Balaban J connectivity index is 1.44. The number of halogens is 1. The first-order valence-electron chi connectivity index (χ1n) is 8.98. The van der Waals surface area contributed by atoms with Crippen molar-refractivity contribution in [3.8, 4) is 5.75 Å². The van der Waals surface area contributed by atoms with Crippen LogP contribution in [0.15, 0.2) is 48.8 Å². The maximum absolute atomic E-state index is 12.3. The van der Waals surface area contributed by atoms with Crippen molar-refractivity contribution in [3.05, 3.63) is 64.9 Å². The molecule has 148 valence electrons. The van der Waals surface area contributed by atoms with E-state index in [0.717, 1.165) is 11.1 Å². The lowest BCUT2D eigenvalue weighted by Crippen LogP contribution is -2.29. The Morgan fingerprint density at radius 3 is 3.07 bits per heavy atom. The monoisotopic (exact) mass is 411 g/mol. The van der Waals surface area contributed by atoms with E-state index < -0.39 is 0 Å². The Hall–Kier alpha value is -3.39. The number of aryl methyl sites for hydroxylation is 1. The lowest BCUT2D eigenvalue weighted by Gasteiger charge is -2.24. The molecular weight excluding hydrogens is 394 g/mol. The topological polar surface area (TPSA) is 98.1 Å². The minimum absolute atomic E-state index is 0.127. The van der Waals surface area contributed by atoms with Crippen LogP contribution in [0.5, 0.6) is 5.75 Å². The minimum Gasteiger partial charge on any atom is -0.484 e. The van der Waals surface area contributed by atoms with Crippen molar-refractivity contribution >= 4 is 35.1 Å². The number of nitrogens with zero attached hydrogens (tertiary/aromatic N) is 3. The van der Waals surface area contributed by atoms with E-state index in [9.17, 15) is 9.59 Å². The van der Waals surface area contributed by atoms with E-state index >= 15 is 0 Å². The van der Waals surface area contributed by atoms with Crippen LogP contribution < -0.4 is 15.4 Å². The first-order chi connectivity index (χ1) is 14.0. The van der Waals surface area contributed by atoms with Crippen molar-refractivity contribution < 1.29 is 14.3 Å². The smallest absolute Gasteiger partial charge is 0.262 e. The maximum Gasteiger partial charge on any atom is 0.262 e. The summed E-state index contributed by atoms with van der Waals surface area (Å²) in [7, 11) is 0. The summed E-state index contributed by atoms with van der Waals surface area (Å²) in [4.78, 5) is 28.2. The van der Waals surface area contributed by atoms with Crippen molar-refractivity contribution in [3.63, 3.8) is 0 Å². The molecule has 3 aromatic rings. The number of carbonyl (C=O) groups excluding carboxylic acids is 2. The second kappa shape index (κ2) is 7.92. The molecule has 0 unspecified atom stereocenters. The van der Waals surface area contributed by atoms with Crippen LogP contribution in [0.2, 0.25) is 5.02 Å². The van der Waals surface area contributed by atoms with E-state index in [-0.39, 0.29) is 30.9 Å². The summed E-state index contributed by atoms with van der Waals surface area (Å²) < 4.78 is 7.31. The molecule has 2 N–H and O–H groups in total. The number of hydrogen-bond acceptors (Lipinski definition) is 5. The highest BCUT2D eigenvalue weighted by atomic mass is 35.5. The average Bonchev–Trinajstić information content (AvgIpc) is 3.17. The summed E-state index contributed by atoms with van der Waals surface area (Å²) in [6.45, 7) is 1.73. The van der Waals surface area contributed by atoms with Gasteiger partial charge in [-0.1, -0.05) is 29.8 Å². The van der Waals surface area contributed by atoms with Crippen LogP contribution in [-0.2, 0) is 9.59 Å². The van der Waals surface area contributed by atoms with Crippen molar-refractivity contribution in [1.29, 1.82) is 0 Å². The van der Waals surface area contributed by atoms with E-state index in [2.05, 4.69) is 20.7 Å². The van der Waals surface area contributed by atoms with E-state index in [1.807, 2.05) is 25.1 Å². The summed E-state index contributed by atoms with van der Waals surface area (Å²) in [6.07, 6.45) is 1.64. The molecule has 0 spiro atoms. The van der Waals surface area contributed by atoms with Gasteiger partial charge in [0.15, 0.2) is 6.61 Å². The van der Waals surface area contributed by atoms with Gasteiger partial charge in [0.2, 0.25) is 11.9 Å². The van der Waals surface area contributed by atoms with Crippen LogP contribution in [0.3, 0.4) is 0 Å². The Labute approximate surface area is 171 Å². The summed E-state index contributed by atoms with van der Waals surface area (Å²) in [5.74, 6) is 0.511. The van der Waals surface area contributed by atoms with E-state index in [4.69, 9.17) is 16.3 Å². The number of aromatic nitrogens is 3. The Bertz CT molecular complexity index is 1080. The number of hydrogen-bond donors (Lipinski definition) is 2. The molecule has 1 atom stereocenters. The van der Waals surface area contributed by atoms with Crippen molar-refractivity contribution in [2.75, 3.05) is 17.2 Å². The van der Waals surface area contributed by atoms with Crippen LogP contribution in [0, 0.1) is 6.92 Å². The van der Waals surface area contributed by atoms with Crippen LogP contribution in [0.25, 0.3) is 0 Å². The van der Waals surface area contributed by atoms with Gasteiger partial charge in [0.05, 0.1) is 12.5 Å². The molecule has 8 nitrogen and oxygen atoms in total. The molecule has 0 radical (unpaired) electrons. The molecule has 1 aromatic heterocycles. The maximum atomic E-state index is 12.3. The largest absolute Gasteiger partial charge is 0.484 e. The van der Waals surface area contributed by atoms with Gasteiger partial charge in [-0.15, -0.1) is 0 Å². The molecule has 2 aromatic carbocycles. The summed E-state index contributed by atoms with van der Waals surface area (Å²) >= 11 is 5.98. The fraction of sp³-hybridized carbons (Fsp3) is 0.200. The highest BCUT2D eigenvalue weighted by Gasteiger charge is 2.27. The average molecular weight is 412 g/mol. The number of benzene rings is 2. The number of ether oxygens (including phenoxy) is 1. The molecule has 0 saturated heterocycles. The normalized spacial score (nSPS) is 15.4. The summed E-state index contributed by atoms with van der Waals surface area (Å²) in [5, 5.41) is 10.2. The van der Waals surface area contributed by atoms with E-state index in [1.54, 1.807) is 28.9 Å². The van der Waals surface area contributed by atoms with Gasteiger partial charge >= 0.3 is 0 Å². The summed E-state index contributed by atoms with van der Waals surface area (Å²) in [5.41, 5.74) is 2.39. The van der Waals surface area contributed by atoms with Crippen LogP contribution in [0.4, 0.5) is 11.6 Å². The molecule has 0 saturated carbocycles. The molecule has 1 aliphatic rings. The highest BCUT2D eigenvalue weighted by molar-refractivity contribution is 6.31. The van der Waals surface area contributed by atoms with Crippen molar-refractivity contribution in [2.24, 2.45) is 0 Å². The fourth-order valence-electron chi connectivity index (χ4n) is 3.14. The number of amides is 2. The lowest BCUT2D eigenvalue weighted by molar-refractivity contribution is -0.118. The number of anilines is 2. The molecule has 2 amide bonds. The number of fused-ring (bicyclic) bond motifs is 1. The fourth-order valence-corrected chi connectivity index (χ4v) is 3.31. The predicted octanol–water partition coefficient (Wildman–Crippen LogP) is 3.19. The van der Waals surface area contributed by atoms with Gasteiger partial charge in [-0.25, -0.2) is 4.68 Å². The SMILES string of the molecule is Cc1ccc(Cl)cc1NC(=O)COc1cccc([C@H]2CC(=O)Nc3ncnn32)c1. The second-order valence-corrected chi connectivity index (χ2v) is 7.10. The molecule has 9 heteroatoms. The molecular formula is C20H18ClN5O3. The number of rotatable bonds is 5. The minimum atomic E-state index is -0.295. The predicted molar refractivity (Wildman–Crippen MR) is 108 cm³/mol. The zero-order valence-electron chi connectivity index (χ0n) is 15.6. The van der Waals surface area contributed by atoms with Crippen molar-refractivity contribution in [2.45, 2.75) is 19.4 Å². The van der Waals surface area contributed by atoms with Gasteiger partial charge in [0, 0.05) is 10.7 Å². The third-order valence-electron chi connectivity index (χ3n) is 4.58. The molecule has 1 aliphatic heterocycles. The van der Waals surface area contributed by atoms with E-state index in [1.165, 1.54) is 6.33 Å². The molecule has 29 heavy (non-hydrogen) atoms. The van der Waals surface area contributed by atoms with Gasteiger partial charge in [0.25, 0.3) is 5.91 Å². The van der Waals surface area contributed by atoms with Crippen LogP contribution in [-0.4, -0.2) is 33.2 Å². The first kappa shape index (κ1) is 18.9. The summed E-state index contributed by atoms with van der Waals surface area (Å²) in [6, 6.07) is 12.3. The molecule has 2 heterocycles. The Kier molecular flexibility index (Phi) is 5.18. The zero-order chi connectivity index (χ0) is 20.4. The van der Waals surface area contributed by atoms with Crippen molar-refractivity contribution in [1.82, 2.24) is 14.8 Å². The zero-order valence-corrected chi connectivity index (χ0v) is 16.3. The van der Waals surface area contributed by atoms with Gasteiger partial charge in [0.1, 0.15) is 12.1 Å². The van der Waals surface area contributed by atoms with Gasteiger partial charge in [-0.3, -0.25) is 14.9 Å². The third-order valence-corrected chi connectivity index (χ3v) is 4.82. The molecule has 0 fully saturated rings. The quantitative estimate of drug-likeness (QED) is 0.671. The molecule has 0 bridgehead atoms. The number of carbonyl (C=O) groups is 2. The van der Waals surface area contributed by atoms with Gasteiger partial charge in [-0.2, -0.15) is 10.1 Å². The highest BCUT2D eigenvalue weighted by Crippen LogP contribution is 2.30. The Morgan fingerprint density at radius 1 is 1.34 bits per heavy atom. The van der Waals surface area contributed by atoms with Gasteiger partial charge in [-0.05, 0) is 42.3 Å². The first-order valence-corrected chi connectivity index (χ1v) is 9.35. The van der Waals surface area contributed by atoms with E-state index in [0.29, 0.717) is 22.4 Å². The second-order valence-electron chi connectivity index (χ2n) is 6.66. The number of nitrogens with one attached hydrogen (secondary N) is 2. The lowest BCUT2D eigenvalue weighted by atomic mass is 10.0. The molecule has 0 aliphatic carbocycles. The van der Waals surface area contributed by atoms with Crippen LogP contribution >= 0.6 is 11.6 Å². The third kappa shape index (κ3) is 4.22. The standard InChI is InChI=1S/C20H18ClN5O3/c1-12-5-6-14(21)8-16(12)24-19(28)10-29-15-4-2-3-13(7-15)17-9-18(27)25-20-22-11-23-26(17)20/h2-8,11,17H,9-10H2,1H3,(H,24,28)(H,22,23,25,27)/t17-/m1/s1.